The van der Waals surface area contributed by atoms with Gasteiger partial charge in [-0.15, -0.1) is 0 Å². The molecule has 4 aromatic rings. The summed E-state index contributed by atoms with van der Waals surface area (Å²) in [6.45, 7) is 0.250. The fourth-order valence-electron chi connectivity index (χ4n) is 3.77. The lowest BCUT2D eigenvalue weighted by Crippen LogP contribution is -2.27. The van der Waals surface area contributed by atoms with Crippen LogP contribution >= 0.6 is 27.7 Å². The van der Waals surface area contributed by atoms with Gasteiger partial charge in [-0.05, 0) is 62.6 Å². The summed E-state index contributed by atoms with van der Waals surface area (Å²) in [5.41, 5.74) is 1.87. The SMILES string of the molecule is O=C1S/C(=C/c2c3ccccc3cc3ccccc23)C(=O)N1Cc1ccccc1Br. The van der Waals surface area contributed by atoms with E-state index >= 15 is 0 Å². The Hall–Kier alpha value is -2.89. The van der Waals surface area contributed by atoms with E-state index in [4.69, 9.17) is 0 Å². The number of rotatable bonds is 3. The molecule has 0 aromatic heterocycles. The second-order valence-electron chi connectivity index (χ2n) is 7.09. The van der Waals surface area contributed by atoms with Gasteiger partial charge in [0.15, 0.2) is 0 Å². The molecule has 5 rings (SSSR count). The highest BCUT2D eigenvalue weighted by Gasteiger charge is 2.35. The van der Waals surface area contributed by atoms with Crippen LogP contribution in [0.3, 0.4) is 0 Å². The predicted octanol–water partition coefficient (Wildman–Crippen LogP) is 6.99. The summed E-state index contributed by atoms with van der Waals surface area (Å²) in [6.07, 6.45) is 1.87. The molecule has 1 heterocycles. The maximum atomic E-state index is 13.1. The standard InChI is InChI=1S/C25H16BrNO2S/c26-22-12-6-3-9-18(22)15-27-24(28)23(30-25(27)29)14-21-19-10-4-1-7-16(19)13-17-8-2-5-11-20(17)21/h1-14H,15H2/b23-14+. The Morgan fingerprint density at radius 2 is 1.43 bits per heavy atom. The van der Waals surface area contributed by atoms with Crippen molar-refractivity contribution in [3.63, 3.8) is 0 Å². The molecule has 0 aliphatic carbocycles. The van der Waals surface area contributed by atoms with Crippen LogP contribution in [0.2, 0.25) is 0 Å². The summed E-state index contributed by atoms with van der Waals surface area (Å²) < 4.78 is 0.882. The maximum Gasteiger partial charge on any atom is 0.293 e. The Kier molecular flexibility index (Phi) is 4.93. The zero-order chi connectivity index (χ0) is 20.7. The number of benzene rings is 4. The zero-order valence-electron chi connectivity index (χ0n) is 15.8. The number of thioether (sulfide) groups is 1. The van der Waals surface area contributed by atoms with Crippen LogP contribution in [0.1, 0.15) is 11.1 Å². The van der Waals surface area contributed by atoms with Gasteiger partial charge >= 0.3 is 0 Å². The summed E-state index contributed by atoms with van der Waals surface area (Å²) in [7, 11) is 0. The van der Waals surface area contributed by atoms with Gasteiger partial charge in [0.25, 0.3) is 11.1 Å². The molecule has 0 atom stereocenters. The van der Waals surface area contributed by atoms with Crippen LogP contribution in [0, 0.1) is 0 Å². The molecule has 5 heteroatoms. The summed E-state index contributed by atoms with van der Waals surface area (Å²) in [6, 6.07) is 26.0. The van der Waals surface area contributed by atoms with Gasteiger partial charge in [0, 0.05) is 4.47 Å². The van der Waals surface area contributed by atoms with Crippen LogP contribution in [0.4, 0.5) is 4.79 Å². The van der Waals surface area contributed by atoms with E-state index in [1.54, 1.807) is 0 Å². The first-order valence-corrected chi connectivity index (χ1v) is 11.1. The van der Waals surface area contributed by atoms with E-state index in [9.17, 15) is 9.59 Å². The minimum absolute atomic E-state index is 0.244. The summed E-state index contributed by atoms with van der Waals surface area (Å²) >= 11 is 4.50. The van der Waals surface area contributed by atoms with Gasteiger partial charge < -0.3 is 0 Å². The molecule has 3 nitrogen and oxygen atoms in total. The first kappa shape index (κ1) is 19.1. The molecular formula is C25H16BrNO2S. The maximum absolute atomic E-state index is 13.1. The largest absolute Gasteiger partial charge is 0.293 e. The van der Waals surface area contributed by atoms with Crippen molar-refractivity contribution in [2.45, 2.75) is 6.54 Å². The van der Waals surface area contributed by atoms with E-state index in [2.05, 4.69) is 46.3 Å². The lowest BCUT2D eigenvalue weighted by Gasteiger charge is -2.13. The average molecular weight is 474 g/mol. The van der Waals surface area contributed by atoms with E-state index in [-0.39, 0.29) is 17.7 Å². The highest BCUT2D eigenvalue weighted by molar-refractivity contribution is 9.10. The minimum atomic E-state index is -0.252. The molecule has 2 amide bonds. The number of imide groups is 1. The van der Waals surface area contributed by atoms with Crippen LogP contribution in [0.15, 0.2) is 88.2 Å². The van der Waals surface area contributed by atoms with E-state index in [1.165, 1.54) is 4.90 Å². The van der Waals surface area contributed by atoms with Crippen molar-refractivity contribution in [1.29, 1.82) is 0 Å². The van der Waals surface area contributed by atoms with Crippen LogP contribution in [0.25, 0.3) is 27.6 Å². The third-order valence-electron chi connectivity index (χ3n) is 5.25. The zero-order valence-corrected chi connectivity index (χ0v) is 18.2. The third-order valence-corrected chi connectivity index (χ3v) is 6.93. The molecule has 0 unspecified atom stereocenters. The van der Waals surface area contributed by atoms with Gasteiger partial charge in [-0.2, -0.15) is 0 Å². The Morgan fingerprint density at radius 1 is 0.833 bits per heavy atom. The van der Waals surface area contributed by atoms with Crippen LogP contribution in [0.5, 0.6) is 0 Å². The molecule has 146 valence electrons. The molecule has 4 aromatic carbocycles. The minimum Gasteiger partial charge on any atom is -0.268 e. The number of carbonyl (C=O) groups is 2. The van der Waals surface area contributed by atoms with Crippen molar-refractivity contribution >= 4 is 66.5 Å². The van der Waals surface area contributed by atoms with Gasteiger partial charge in [0.1, 0.15) is 0 Å². The van der Waals surface area contributed by atoms with Crippen molar-refractivity contribution < 1.29 is 9.59 Å². The molecule has 1 saturated heterocycles. The monoisotopic (exact) mass is 473 g/mol. The van der Waals surface area contributed by atoms with Crippen LogP contribution < -0.4 is 0 Å². The third kappa shape index (κ3) is 3.34. The number of fused-ring (bicyclic) bond motifs is 2. The number of nitrogens with zero attached hydrogens (tertiary/aromatic N) is 1. The summed E-state index contributed by atoms with van der Waals surface area (Å²) in [4.78, 5) is 27.5. The first-order valence-electron chi connectivity index (χ1n) is 9.51. The number of hydrogen-bond acceptors (Lipinski definition) is 3. The molecule has 1 aliphatic rings. The van der Waals surface area contributed by atoms with E-state index in [0.717, 1.165) is 48.9 Å². The van der Waals surface area contributed by atoms with E-state index < -0.39 is 0 Å². The van der Waals surface area contributed by atoms with Gasteiger partial charge in [-0.3, -0.25) is 14.5 Å². The van der Waals surface area contributed by atoms with Gasteiger partial charge in [-0.25, -0.2) is 0 Å². The highest BCUT2D eigenvalue weighted by Crippen LogP contribution is 2.37. The lowest BCUT2D eigenvalue weighted by molar-refractivity contribution is -0.123. The fourth-order valence-corrected chi connectivity index (χ4v) is 5.00. The Labute approximate surface area is 186 Å². The molecule has 30 heavy (non-hydrogen) atoms. The second kappa shape index (κ2) is 7.74. The van der Waals surface area contributed by atoms with Crippen molar-refractivity contribution in [3.05, 3.63) is 99.4 Å². The quantitative estimate of drug-likeness (QED) is 0.237. The molecule has 1 fully saturated rings. The summed E-state index contributed by atoms with van der Waals surface area (Å²) in [5.74, 6) is -0.252. The Bertz CT molecular complexity index is 1310. The normalized spacial score (nSPS) is 15.6. The fraction of sp³-hybridized carbons (Fsp3) is 0.0400. The number of amides is 2. The molecule has 0 N–H and O–H groups in total. The molecule has 1 aliphatic heterocycles. The number of hydrogen-bond donors (Lipinski definition) is 0. The highest BCUT2D eigenvalue weighted by atomic mass is 79.9. The van der Waals surface area contributed by atoms with Crippen molar-refractivity contribution in [2.24, 2.45) is 0 Å². The predicted molar refractivity (Wildman–Crippen MR) is 127 cm³/mol. The topological polar surface area (TPSA) is 37.4 Å². The van der Waals surface area contributed by atoms with Crippen molar-refractivity contribution in [1.82, 2.24) is 4.90 Å². The molecule has 0 radical (unpaired) electrons. The molecule has 0 spiro atoms. The van der Waals surface area contributed by atoms with Gasteiger partial charge in [0.05, 0.1) is 11.4 Å². The van der Waals surface area contributed by atoms with Crippen LogP contribution in [-0.4, -0.2) is 16.0 Å². The first-order chi connectivity index (χ1) is 14.6. The molecule has 0 bridgehead atoms. The van der Waals surface area contributed by atoms with Crippen molar-refractivity contribution in [3.8, 4) is 0 Å². The lowest BCUT2D eigenvalue weighted by atomic mass is 9.96. The average Bonchev–Trinajstić information content (AvgIpc) is 3.02. The summed E-state index contributed by atoms with van der Waals surface area (Å²) in [5, 5.41) is 4.10. The van der Waals surface area contributed by atoms with Gasteiger partial charge in [-0.1, -0.05) is 82.7 Å². The van der Waals surface area contributed by atoms with Crippen molar-refractivity contribution in [2.75, 3.05) is 0 Å². The number of carbonyl (C=O) groups excluding carboxylic acids is 2. The van der Waals surface area contributed by atoms with E-state index in [1.807, 2.05) is 54.6 Å². The molecule has 0 saturated carbocycles. The van der Waals surface area contributed by atoms with Crippen LogP contribution in [-0.2, 0) is 11.3 Å². The Balaban J connectivity index is 1.60. The molecular weight excluding hydrogens is 458 g/mol. The number of halogens is 1. The van der Waals surface area contributed by atoms with Gasteiger partial charge in [0.2, 0.25) is 0 Å². The Morgan fingerprint density at radius 3 is 2.10 bits per heavy atom. The second-order valence-corrected chi connectivity index (χ2v) is 8.94. The van der Waals surface area contributed by atoms with E-state index in [0.29, 0.717) is 4.91 Å². The smallest absolute Gasteiger partial charge is 0.268 e.